The second kappa shape index (κ2) is 8.53. The van der Waals surface area contributed by atoms with E-state index in [4.69, 9.17) is 20.4 Å². The Hall–Kier alpha value is -3.50. The average molecular weight is 500 g/mol. The van der Waals surface area contributed by atoms with E-state index in [1.54, 1.807) is 0 Å². The summed E-state index contributed by atoms with van der Waals surface area (Å²) >= 11 is 0. The van der Waals surface area contributed by atoms with Crippen molar-refractivity contribution in [3.63, 3.8) is 0 Å². The van der Waals surface area contributed by atoms with Gasteiger partial charge in [-0.25, -0.2) is 9.97 Å². The Bertz CT molecular complexity index is 1450. The normalized spacial score (nSPS) is 23.2. The summed E-state index contributed by atoms with van der Waals surface area (Å²) in [7, 11) is 1.95. The van der Waals surface area contributed by atoms with Crippen molar-refractivity contribution in [2.45, 2.75) is 44.8 Å². The van der Waals surface area contributed by atoms with E-state index < -0.39 is 0 Å². The predicted octanol–water partition coefficient (Wildman–Crippen LogP) is 3.17. The molecule has 2 atom stereocenters. The second-order valence-electron chi connectivity index (χ2n) is 10.9. The second-order valence-corrected chi connectivity index (χ2v) is 10.9. The Morgan fingerprint density at radius 2 is 2.00 bits per heavy atom. The lowest BCUT2D eigenvalue weighted by Crippen LogP contribution is -2.50. The molecule has 37 heavy (non-hydrogen) atoms. The summed E-state index contributed by atoms with van der Waals surface area (Å²) in [4.78, 5) is 14.4. The van der Waals surface area contributed by atoms with Crippen LogP contribution in [0.15, 0.2) is 36.8 Å². The average Bonchev–Trinajstić information content (AvgIpc) is 3.63. The summed E-state index contributed by atoms with van der Waals surface area (Å²) in [5.74, 6) is 1.73. The van der Waals surface area contributed by atoms with Gasteiger partial charge < -0.3 is 20.3 Å². The van der Waals surface area contributed by atoms with Crippen LogP contribution in [-0.4, -0.2) is 68.3 Å². The van der Waals surface area contributed by atoms with Crippen molar-refractivity contribution < 1.29 is 4.74 Å². The summed E-state index contributed by atoms with van der Waals surface area (Å²) in [5, 5.41) is 12.2. The highest BCUT2D eigenvalue weighted by molar-refractivity contribution is 5.88. The standard InChI is InChI=1S/C27H33N9O/c1-17-24(28)27(16-37-17)7-10-35(11-8-27)22-14-29-23-25(31-22)32-33-26(23)36-9-3-4-19-12-18(5-6-21(19)36)20-13-30-34(2)15-20/h5-6,12-15,17,24H,3-4,7-11,16,28H2,1-2H3,(H,31,32,33)/t17-,24+/m0/s1. The SMILES string of the molecule is C[C@@H]1OCC2(CCN(c3cnc4c(N5CCCc6cc(-c7cnn(C)c7)ccc65)n[nH]c4n3)CC2)[C@@H]1N. The van der Waals surface area contributed by atoms with E-state index in [9.17, 15) is 0 Å². The molecular formula is C27H33N9O. The maximum Gasteiger partial charge on any atom is 0.183 e. The van der Waals surface area contributed by atoms with Gasteiger partial charge in [-0.15, -0.1) is 0 Å². The molecule has 3 aromatic heterocycles. The molecule has 1 spiro atoms. The summed E-state index contributed by atoms with van der Waals surface area (Å²) in [6.07, 6.45) is 10.1. The van der Waals surface area contributed by atoms with Crippen molar-refractivity contribution >= 4 is 28.5 Å². The van der Waals surface area contributed by atoms with Gasteiger partial charge in [0.05, 0.1) is 25.1 Å². The van der Waals surface area contributed by atoms with E-state index in [0.717, 1.165) is 80.3 Å². The Kier molecular flexibility index (Phi) is 5.23. The first kappa shape index (κ1) is 22.7. The lowest BCUT2D eigenvalue weighted by atomic mass is 9.73. The first-order valence-corrected chi connectivity index (χ1v) is 13.2. The number of nitrogens with one attached hydrogen (secondary N) is 1. The highest BCUT2D eigenvalue weighted by Crippen LogP contribution is 2.42. The van der Waals surface area contributed by atoms with E-state index in [0.29, 0.717) is 0 Å². The molecule has 3 N–H and O–H groups in total. The Morgan fingerprint density at radius 1 is 1.14 bits per heavy atom. The van der Waals surface area contributed by atoms with Crippen LogP contribution in [0.3, 0.4) is 0 Å². The molecule has 3 aliphatic heterocycles. The molecule has 2 fully saturated rings. The van der Waals surface area contributed by atoms with Gasteiger partial charge in [-0.1, -0.05) is 6.07 Å². The molecule has 6 heterocycles. The Balaban J connectivity index is 1.14. The molecule has 0 amide bonds. The molecular weight excluding hydrogens is 466 g/mol. The number of rotatable bonds is 3. The number of aromatic nitrogens is 6. The molecule has 2 saturated heterocycles. The van der Waals surface area contributed by atoms with Crippen molar-refractivity contribution in [3.8, 4) is 11.1 Å². The number of hydrogen-bond acceptors (Lipinski definition) is 8. The third-order valence-electron chi connectivity index (χ3n) is 8.66. The van der Waals surface area contributed by atoms with Crippen LogP contribution in [0.25, 0.3) is 22.3 Å². The minimum absolute atomic E-state index is 0.0904. The minimum Gasteiger partial charge on any atom is -0.376 e. The Morgan fingerprint density at radius 3 is 2.76 bits per heavy atom. The molecule has 1 aromatic carbocycles. The lowest BCUT2D eigenvalue weighted by Gasteiger charge is -2.41. The summed E-state index contributed by atoms with van der Waals surface area (Å²) in [6, 6.07) is 6.74. The van der Waals surface area contributed by atoms with Gasteiger partial charge in [-0.2, -0.15) is 10.2 Å². The third-order valence-corrected chi connectivity index (χ3v) is 8.66. The highest BCUT2D eigenvalue weighted by atomic mass is 16.5. The molecule has 3 aliphatic rings. The number of nitrogens with two attached hydrogens (primary N) is 1. The van der Waals surface area contributed by atoms with E-state index in [-0.39, 0.29) is 17.6 Å². The van der Waals surface area contributed by atoms with Gasteiger partial charge in [0.2, 0.25) is 0 Å². The fraction of sp³-hybridized carbons (Fsp3) is 0.481. The number of H-pyrrole nitrogens is 1. The van der Waals surface area contributed by atoms with E-state index in [1.165, 1.54) is 16.8 Å². The van der Waals surface area contributed by atoms with E-state index in [1.807, 2.05) is 24.1 Å². The number of hydrogen-bond donors (Lipinski definition) is 2. The largest absolute Gasteiger partial charge is 0.376 e. The molecule has 4 aromatic rings. The van der Waals surface area contributed by atoms with Crippen molar-refractivity contribution in [2.24, 2.45) is 18.2 Å². The molecule has 0 unspecified atom stereocenters. The number of anilines is 3. The van der Waals surface area contributed by atoms with Gasteiger partial charge in [0.15, 0.2) is 17.0 Å². The number of fused-ring (bicyclic) bond motifs is 2. The number of ether oxygens (including phenoxy) is 1. The fourth-order valence-corrected chi connectivity index (χ4v) is 6.34. The predicted molar refractivity (Wildman–Crippen MR) is 143 cm³/mol. The van der Waals surface area contributed by atoms with Crippen molar-refractivity contribution in [1.82, 2.24) is 29.9 Å². The molecule has 0 saturated carbocycles. The minimum atomic E-state index is 0.0904. The Labute approximate surface area is 215 Å². The zero-order valence-electron chi connectivity index (χ0n) is 21.4. The van der Waals surface area contributed by atoms with Crippen LogP contribution in [0.4, 0.5) is 17.3 Å². The molecule has 0 aliphatic carbocycles. The van der Waals surface area contributed by atoms with Crippen molar-refractivity contribution in [3.05, 3.63) is 42.4 Å². The van der Waals surface area contributed by atoms with E-state index in [2.05, 4.69) is 56.4 Å². The molecule has 10 heteroatoms. The molecule has 7 rings (SSSR count). The number of nitrogens with zero attached hydrogens (tertiary/aromatic N) is 7. The highest BCUT2D eigenvalue weighted by Gasteiger charge is 2.47. The van der Waals surface area contributed by atoms with Gasteiger partial charge in [-0.3, -0.25) is 9.78 Å². The molecule has 0 radical (unpaired) electrons. The van der Waals surface area contributed by atoms with Crippen molar-refractivity contribution in [2.75, 3.05) is 36.0 Å². The molecule has 10 nitrogen and oxygen atoms in total. The van der Waals surface area contributed by atoms with Crippen LogP contribution in [-0.2, 0) is 18.2 Å². The van der Waals surface area contributed by atoms with Crippen LogP contribution < -0.4 is 15.5 Å². The first-order chi connectivity index (χ1) is 18.0. The van der Waals surface area contributed by atoms with Crippen LogP contribution in [0.5, 0.6) is 0 Å². The maximum absolute atomic E-state index is 6.50. The summed E-state index contributed by atoms with van der Waals surface area (Å²) < 4.78 is 7.72. The van der Waals surface area contributed by atoms with Gasteiger partial charge in [0.1, 0.15) is 5.82 Å². The number of piperidine rings is 1. The smallest absolute Gasteiger partial charge is 0.183 e. The summed E-state index contributed by atoms with van der Waals surface area (Å²) in [6.45, 7) is 5.56. The number of aromatic amines is 1. The maximum atomic E-state index is 6.50. The van der Waals surface area contributed by atoms with Gasteiger partial charge in [-0.05, 0) is 55.9 Å². The third kappa shape index (κ3) is 3.69. The van der Waals surface area contributed by atoms with Crippen LogP contribution in [0.2, 0.25) is 0 Å². The monoisotopic (exact) mass is 499 g/mol. The lowest BCUT2D eigenvalue weighted by molar-refractivity contribution is 0.0974. The van der Waals surface area contributed by atoms with Crippen molar-refractivity contribution in [1.29, 1.82) is 0 Å². The molecule has 0 bridgehead atoms. The number of benzene rings is 1. The van der Waals surface area contributed by atoms with Gasteiger partial charge in [0, 0.05) is 55.6 Å². The quantitative estimate of drug-likeness (QED) is 0.442. The summed E-state index contributed by atoms with van der Waals surface area (Å²) in [5.41, 5.74) is 12.9. The first-order valence-electron chi connectivity index (χ1n) is 13.2. The zero-order chi connectivity index (χ0) is 25.1. The van der Waals surface area contributed by atoms with Crippen LogP contribution in [0, 0.1) is 5.41 Å². The van der Waals surface area contributed by atoms with Crippen LogP contribution in [0.1, 0.15) is 31.7 Å². The zero-order valence-corrected chi connectivity index (χ0v) is 21.4. The van der Waals surface area contributed by atoms with Gasteiger partial charge in [0.25, 0.3) is 0 Å². The molecule has 192 valence electrons. The fourth-order valence-electron chi connectivity index (χ4n) is 6.34. The van der Waals surface area contributed by atoms with Crippen LogP contribution >= 0.6 is 0 Å². The van der Waals surface area contributed by atoms with Gasteiger partial charge >= 0.3 is 0 Å². The van der Waals surface area contributed by atoms with E-state index >= 15 is 0 Å². The topological polar surface area (TPSA) is 114 Å². The number of aryl methyl sites for hydroxylation is 2.